The Morgan fingerprint density at radius 2 is 1.97 bits per heavy atom. The molecule has 4 aromatic rings. The van der Waals surface area contributed by atoms with Gasteiger partial charge < -0.3 is 15.3 Å². The molecule has 8 nitrogen and oxygen atoms in total. The number of nitrogens with zero attached hydrogens (tertiary/aromatic N) is 5. The molecule has 0 aliphatic carbocycles. The molecule has 4 heterocycles. The molecular weight excluding hydrogens is 422 g/mol. The van der Waals surface area contributed by atoms with Crippen LogP contribution in [-0.4, -0.2) is 56.4 Å². The number of halogens is 1. The van der Waals surface area contributed by atoms with Crippen molar-refractivity contribution in [1.29, 1.82) is 0 Å². The average Bonchev–Trinajstić information content (AvgIpc) is 3.43. The van der Waals surface area contributed by atoms with Crippen molar-refractivity contribution in [2.75, 3.05) is 25.0 Å². The van der Waals surface area contributed by atoms with Gasteiger partial charge in [0.2, 0.25) is 0 Å². The van der Waals surface area contributed by atoms with Gasteiger partial charge in [0.05, 0.1) is 18.1 Å². The highest BCUT2D eigenvalue weighted by molar-refractivity contribution is 7.21. The Morgan fingerprint density at radius 3 is 2.70 bits per heavy atom. The number of aromatic amines is 1. The molecule has 0 radical (unpaired) electrons. The number of phenols is 1. The molecule has 0 saturated carbocycles. The van der Waals surface area contributed by atoms with Crippen LogP contribution in [0.4, 0.5) is 5.13 Å². The summed E-state index contributed by atoms with van der Waals surface area (Å²) in [6.07, 6.45) is 7.39. The molecule has 1 fully saturated rings. The van der Waals surface area contributed by atoms with E-state index < -0.39 is 0 Å². The molecule has 0 bridgehead atoms. The molecule has 1 saturated heterocycles. The monoisotopic (exact) mass is 443 g/mol. The molecule has 1 aliphatic heterocycles. The minimum atomic E-state index is 0. The number of H-pyrrole nitrogens is 1. The van der Waals surface area contributed by atoms with Gasteiger partial charge in [-0.15, -0.1) is 12.4 Å². The van der Waals surface area contributed by atoms with Gasteiger partial charge in [0.25, 0.3) is 0 Å². The maximum atomic E-state index is 10.6. The van der Waals surface area contributed by atoms with E-state index in [0.29, 0.717) is 22.9 Å². The van der Waals surface area contributed by atoms with Crippen LogP contribution in [-0.2, 0) is 0 Å². The van der Waals surface area contributed by atoms with E-state index in [1.807, 2.05) is 12.1 Å². The lowest BCUT2D eigenvalue weighted by Gasteiger charge is -2.31. The molecule has 0 amide bonds. The van der Waals surface area contributed by atoms with Crippen molar-refractivity contribution in [3.8, 4) is 28.1 Å². The van der Waals surface area contributed by atoms with Gasteiger partial charge in [0, 0.05) is 30.4 Å². The van der Waals surface area contributed by atoms with E-state index in [4.69, 9.17) is 4.98 Å². The molecule has 0 unspecified atom stereocenters. The average molecular weight is 444 g/mol. The Hall–Kier alpha value is -2.75. The fourth-order valence-corrected chi connectivity index (χ4v) is 4.61. The highest BCUT2D eigenvalue weighted by atomic mass is 35.5. The van der Waals surface area contributed by atoms with Crippen molar-refractivity contribution in [2.24, 2.45) is 0 Å². The SMILES string of the molecule is CN(c1nc2ncc(-c3ccc(-c4cn[nH]c4)cc3O)nc2s1)C1CCNCC1.Cl. The number of nitrogens with one attached hydrogen (secondary N) is 2. The number of benzene rings is 1. The van der Waals surface area contributed by atoms with Gasteiger partial charge in [0.1, 0.15) is 5.75 Å². The van der Waals surface area contributed by atoms with Gasteiger partial charge in [-0.05, 0) is 43.6 Å². The number of hydrogen-bond donors (Lipinski definition) is 3. The molecule has 0 atom stereocenters. The zero-order chi connectivity index (χ0) is 19.8. The molecule has 3 N–H and O–H groups in total. The van der Waals surface area contributed by atoms with Gasteiger partial charge in [-0.25, -0.2) is 9.97 Å². The quantitative estimate of drug-likeness (QED) is 0.443. The Balaban J connectivity index is 0.00000218. The first-order valence-corrected chi connectivity index (χ1v) is 10.4. The minimum absolute atomic E-state index is 0. The molecule has 3 aromatic heterocycles. The molecule has 0 spiro atoms. The van der Waals surface area contributed by atoms with E-state index in [1.165, 1.54) is 0 Å². The smallest absolute Gasteiger partial charge is 0.191 e. The molecule has 30 heavy (non-hydrogen) atoms. The first-order valence-electron chi connectivity index (χ1n) is 9.59. The van der Waals surface area contributed by atoms with Crippen LogP contribution in [0.2, 0.25) is 0 Å². The number of anilines is 1. The third kappa shape index (κ3) is 3.83. The molecule has 5 rings (SSSR count). The van der Waals surface area contributed by atoms with Crippen LogP contribution in [0, 0.1) is 0 Å². The van der Waals surface area contributed by atoms with Crippen LogP contribution in [0.5, 0.6) is 5.75 Å². The van der Waals surface area contributed by atoms with Gasteiger partial charge >= 0.3 is 0 Å². The summed E-state index contributed by atoms with van der Waals surface area (Å²) in [7, 11) is 2.09. The maximum absolute atomic E-state index is 10.6. The summed E-state index contributed by atoms with van der Waals surface area (Å²) in [6, 6.07) is 6.00. The first kappa shape index (κ1) is 20.5. The first-order chi connectivity index (χ1) is 14.2. The van der Waals surface area contributed by atoms with E-state index >= 15 is 0 Å². The van der Waals surface area contributed by atoms with E-state index in [1.54, 1.807) is 36.0 Å². The Bertz CT molecular complexity index is 1140. The Labute approximate surface area is 183 Å². The van der Waals surface area contributed by atoms with Crippen molar-refractivity contribution in [2.45, 2.75) is 18.9 Å². The predicted octanol–water partition coefficient (Wildman–Crippen LogP) is 3.46. The molecule has 1 aromatic carbocycles. The number of thiazole rings is 1. The Kier molecular flexibility index (Phi) is 5.85. The number of phenolic OH excluding ortho intramolecular Hbond substituents is 1. The van der Waals surface area contributed by atoms with Crippen molar-refractivity contribution < 1.29 is 5.11 Å². The second-order valence-electron chi connectivity index (χ2n) is 7.19. The number of aromatic hydroxyl groups is 1. The van der Waals surface area contributed by atoms with Crippen LogP contribution in [0.3, 0.4) is 0 Å². The number of aromatic nitrogens is 5. The number of piperidine rings is 1. The minimum Gasteiger partial charge on any atom is -0.507 e. The topological polar surface area (TPSA) is 103 Å². The highest BCUT2D eigenvalue weighted by Crippen LogP contribution is 2.34. The van der Waals surface area contributed by atoms with E-state index in [2.05, 4.69) is 37.4 Å². The fraction of sp³-hybridized carbons (Fsp3) is 0.300. The number of hydrogen-bond acceptors (Lipinski definition) is 8. The number of fused-ring (bicyclic) bond motifs is 1. The summed E-state index contributed by atoms with van der Waals surface area (Å²) in [6.45, 7) is 2.07. The van der Waals surface area contributed by atoms with Crippen LogP contribution in [0.15, 0.2) is 36.8 Å². The summed E-state index contributed by atoms with van der Waals surface area (Å²) in [4.78, 5) is 16.9. The molecule has 10 heteroatoms. The Morgan fingerprint density at radius 1 is 1.13 bits per heavy atom. The lowest BCUT2D eigenvalue weighted by atomic mass is 10.0. The summed E-state index contributed by atoms with van der Waals surface area (Å²) in [5.74, 6) is 0.161. The largest absolute Gasteiger partial charge is 0.507 e. The third-order valence-corrected chi connectivity index (χ3v) is 6.40. The van der Waals surface area contributed by atoms with E-state index in [-0.39, 0.29) is 18.2 Å². The summed E-state index contributed by atoms with van der Waals surface area (Å²) in [5, 5.41) is 21.6. The third-order valence-electron chi connectivity index (χ3n) is 5.38. The van der Waals surface area contributed by atoms with Crippen LogP contribution >= 0.6 is 23.7 Å². The molecule has 1 aliphatic rings. The summed E-state index contributed by atoms with van der Waals surface area (Å²) >= 11 is 1.54. The second kappa shape index (κ2) is 8.55. The van der Waals surface area contributed by atoms with Gasteiger partial charge in [-0.3, -0.25) is 5.10 Å². The van der Waals surface area contributed by atoms with Gasteiger partial charge in [-0.1, -0.05) is 17.4 Å². The van der Waals surface area contributed by atoms with E-state index in [0.717, 1.165) is 47.0 Å². The normalized spacial score (nSPS) is 14.6. The van der Waals surface area contributed by atoms with Crippen molar-refractivity contribution in [1.82, 2.24) is 30.5 Å². The summed E-state index contributed by atoms with van der Waals surface area (Å²) < 4.78 is 0. The van der Waals surface area contributed by atoms with Crippen LogP contribution in [0.1, 0.15) is 12.8 Å². The van der Waals surface area contributed by atoms with Gasteiger partial charge in [0.15, 0.2) is 15.6 Å². The van der Waals surface area contributed by atoms with Crippen molar-refractivity contribution in [3.63, 3.8) is 0 Å². The zero-order valence-electron chi connectivity index (χ0n) is 16.4. The zero-order valence-corrected chi connectivity index (χ0v) is 18.0. The van der Waals surface area contributed by atoms with Gasteiger partial charge in [-0.2, -0.15) is 10.1 Å². The molecule has 156 valence electrons. The van der Waals surface area contributed by atoms with Crippen molar-refractivity contribution >= 4 is 39.4 Å². The lowest BCUT2D eigenvalue weighted by molar-refractivity contribution is 0.443. The summed E-state index contributed by atoms with van der Waals surface area (Å²) in [5.41, 5.74) is 3.73. The standard InChI is InChI=1S/C20H21N7OS.ClH/c1-27(14-4-6-21-7-5-14)20-26-18-19(29-20)25-16(11-22-18)15-3-2-12(8-17(15)28)13-9-23-24-10-13;/h2-3,8-11,14,21,28H,4-7H2,1H3,(H,23,24);1H. The van der Waals surface area contributed by atoms with Crippen molar-refractivity contribution in [3.05, 3.63) is 36.8 Å². The molecular formula is C20H22ClN7OS. The maximum Gasteiger partial charge on any atom is 0.191 e. The van der Waals surface area contributed by atoms with Crippen LogP contribution < -0.4 is 10.2 Å². The predicted molar refractivity (Wildman–Crippen MR) is 121 cm³/mol. The van der Waals surface area contributed by atoms with E-state index in [9.17, 15) is 5.11 Å². The second-order valence-corrected chi connectivity index (χ2v) is 8.15. The number of rotatable bonds is 4. The fourth-order valence-electron chi connectivity index (χ4n) is 3.68. The lowest BCUT2D eigenvalue weighted by Crippen LogP contribution is -2.41. The van der Waals surface area contributed by atoms with Crippen LogP contribution in [0.25, 0.3) is 32.9 Å². The highest BCUT2D eigenvalue weighted by Gasteiger charge is 2.21.